The number of hydrogen-bond acceptors (Lipinski definition) is 19. The number of carbonyl (C=O) groups is 14. The Morgan fingerprint density at radius 3 is 1.76 bits per heavy atom. The fraction of sp³-hybridized carbons (Fsp3) is 0.639. The topological polar surface area (TPSA) is 513 Å². The normalized spacial score (nSPS) is 21.9. The molecule has 104 heavy (non-hydrogen) atoms. The number of phenolic OH excluding ortho intramolecular Hbond substituents is 1. The number of nitrogens with two attached hydrogens (primary N) is 2. The lowest BCUT2D eigenvalue weighted by atomic mass is 9.97. The van der Waals surface area contributed by atoms with Crippen LogP contribution in [0.5, 0.6) is 11.5 Å². The number of esters is 1. The highest BCUT2D eigenvalue weighted by molar-refractivity contribution is 5.99. The van der Waals surface area contributed by atoms with E-state index in [1.807, 2.05) is 0 Å². The summed E-state index contributed by atoms with van der Waals surface area (Å²) in [5, 5.41) is 74.1. The van der Waals surface area contributed by atoms with Gasteiger partial charge in [-0.25, -0.2) is 4.79 Å². The third-order valence-corrected chi connectivity index (χ3v) is 18.4. The molecule has 18 N–H and O–H groups in total. The fourth-order valence-corrected chi connectivity index (χ4v) is 12.1. The molecular weight excluding hydrogens is 1350 g/mol. The number of unbranched alkanes of at least 4 members (excludes halogenated alkanes) is 10. The second kappa shape index (κ2) is 45.7. The van der Waals surface area contributed by atoms with Crippen molar-refractivity contribution in [2.75, 3.05) is 13.1 Å². The zero-order valence-electron chi connectivity index (χ0n) is 60.4. The summed E-state index contributed by atoms with van der Waals surface area (Å²) in [6.07, 6.45) is 5.34. The highest BCUT2D eigenvalue weighted by Crippen LogP contribution is 2.23. The van der Waals surface area contributed by atoms with Crippen molar-refractivity contribution >= 4 is 82.9 Å². The molecule has 0 saturated carbocycles. The monoisotopic (exact) mass is 1460 g/mol. The number of nitrogens with one attached hydrogen (secondary N) is 9. The summed E-state index contributed by atoms with van der Waals surface area (Å²) in [5.74, 6) is -15.4. The molecule has 1 saturated heterocycles. The molecule has 32 heteroatoms. The number of benzene rings is 2. The van der Waals surface area contributed by atoms with Crippen LogP contribution in [0.3, 0.4) is 0 Å². The van der Waals surface area contributed by atoms with E-state index < -0.39 is 213 Å². The van der Waals surface area contributed by atoms with Crippen LogP contribution in [0, 0.1) is 5.92 Å². The van der Waals surface area contributed by atoms with Gasteiger partial charge in [0.15, 0.2) is 0 Å². The maximum atomic E-state index is 14.8. The number of ether oxygens (including phenoxy) is 1. The number of amides is 11. The van der Waals surface area contributed by atoms with E-state index in [4.69, 9.17) is 16.2 Å². The first-order chi connectivity index (χ1) is 49.4. The standard InChI is InChI=1S/C72H110N12O20/c1-6-8-9-10-11-12-13-14-15-16-17-20-48(87)41-58(89)76-51(32-35-59(90)91)65(96)77-50(21-18-37-73)64(95)80-55-40-46-25-29-49(30-26-46)104-72(103)61(42(3)7-2)82-67(98)54(39-45-23-27-47(86)28-24-45)81-66(97)52(31-34-57(74)88)78-69(100)56-22-19-38-84(56)71(102)43(4)75-63(94)53(33-36-60(92)93)79-70(101)62(44(5)85)83-68(55)99/h23-30,42-44,48,50-56,61-62,85-87H,6-22,31-41,73H2,1-5H3,(H2,74,88)(H,75,94)(H,76,89)(H,77,96)(H,78,100)(H,79,101)(H,80,95)(H,81,97)(H,82,98)(H,83,99)(H,90,91)(H,92,93)/t42-,43+,44-,48+,50-,51+,52-,53+,54+,55+,56-,61+,62+/m0/s1. The van der Waals surface area contributed by atoms with Crippen LogP contribution in [0.4, 0.5) is 0 Å². The highest BCUT2D eigenvalue weighted by atomic mass is 16.5. The first-order valence-electron chi connectivity index (χ1n) is 36.3. The summed E-state index contributed by atoms with van der Waals surface area (Å²) in [6, 6.07) is -4.87. The minimum absolute atomic E-state index is 0.0222. The van der Waals surface area contributed by atoms with E-state index in [1.54, 1.807) is 13.8 Å². The van der Waals surface area contributed by atoms with Crippen molar-refractivity contribution in [1.82, 2.24) is 52.8 Å². The lowest BCUT2D eigenvalue weighted by Crippen LogP contribution is -2.62. The molecule has 3 aliphatic heterocycles. The molecule has 3 heterocycles. The van der Waals surface area contributed by atoms with E-state index in [9.17, 15) is 92.7 Å². The Kier molecular flexibility index (Phi) is 38.3. The molecule has 578 valence electrons. The number of carboxylic acid groups (broad SMARTS) is 2. The van der Waals surface area contributed by atoms with Gasteiger partial charge >= 0.3 is 17.9 Å². The van der Waals surface area contributed by atoms with Crippen LogP contribution >= 0.6 is 0 Å². The third kappa shape index (κ3) is 31.0. The number of aliphatic hydroxyl groups is 2. The van der Waals surface area contributed by atoms with Crippen LogP contribution in [-0.2, 0) is 80.0 Å². The Morgan fingerprint density at radius 2 is 1.17 bits per heavy atom. The van der Waals surface area contributed by atoms with E-state index in [1.165, 1.54) is 87.6 Å². The van der Waals surface area contributed by atoms with Crippen molar-refractivity contribution in [2.45, 2.75) is 274 Å². The number of aliphatic carboxylic acids is 2. The maximum absolute atomic E-state index is 14.8. The molecule has 0 aliphatic carbocycles. The lowest BCUT2D eigenvalue weighted by Gasteiger charge is -2.30. The van der Waals surface area contributed by atoms with Crippen LogP contribution in [0.1, 0.15) is 200 Å². The summed E-state index contributed by atoms with van der Waals surface area (Å²) in [7, 11) is 0. The third-order valence-electron chi connectivity index (χ3n) is 18.4. The highest BCUT2D eigenvalue weighted by Gasteiger charge is 2.41. The first-order valence-corrected chi connectivity index (χ1v) is 36.3. The maximum Gasteiger partial charge on any atom is 0.334 e. The van der Waals surface area contributed by atoms with E-state index in [0.717, 1.165) is 43.9 Å². The molecule has 13 atom stereocenters. The van der Waals surface area contributed by atoms with Gasteiger partial charge in [0, 0.05) is 38.6 Å². The lowest BCUT2D eigenvalue weighted by molar-refractivity contribution is -0.143. The van der Waals surface area contributed by atoms with Gasteiger partial charge in [-0.2, -0.15) is 0 Å². The van der Waals surface area contributed by atoms with Crippen molar-refractivity contribution in [2.24, 2.45) is 17.4 Å². The summed E-state index contributed by atoms with van der Waals surface area (Å²) in [4.78, 5) is 195. The van der Waals surface area contributed by atoms with Gasteiger partial charge in [-0.3, -0.25) is 62.3 Å². The van der Waals surface area contributed by atoms with Crippen molar-refractivity contribution in [3.05, 3.63) is 59.7 Å². The molecule has 2 bridgehead atoms. The predicted octanol–water partition coefficient (Wildman–Crippen LogP) is 1.08. The molecule has 1 fully saturated rings. The zero-order valence-corrected chi connectivity index (χ0v) is 60.4. The Balaban J connectivity index is 1.75. The Labute approximate surface area is 606 Å². The van der Waals surface area contributed by atoms with Gasteiger partial charge < -0.3 is 94.5 Å². The first kappa shape index (κ1) is 87.1. The number of aliphatic hydroxyl groups excluding tert-OH is 2. The molecule has 11 amide bonds. The van der Waals surface area contributed by atoms with Crippen LogP contribution < -0.4 is 64.1 Å². The largest absolute Gasteiger partial charge is 0.508 e. The summed E-state index contributed by atoms with van der Waals surface area (Å²) in [5.41, 5.74) is 12.0. The number of rotatable bonds is 36. The van der Waals surface area contributed by atoms with Gasteiger partial charge in [0.2, 0.25) is 65.0 Å². The molecule has 3 aliphatic rings. The smallest absolute Gasteiger partial charge is 0.334 e. The van der Waals surface area contributed by atoms with Crippen LogP contribution in [0.25, 0.3) is 0 Å². The average Bonchev–Trinajstić information content (AvgIpc) is 1.55. The van der Waals surface area contributed by atoms with E-state index in [0.29, 0.717) is 24.8 Å². The summed E-state index contributed by atoms with van der Waals surface area (Å²) in [6.45, 7) is 7.83. The summed E-state index contributed by atoms with van der Waals surface area (Å²) >= 11 is 0. The zero-order chi connectivity index (χ0) is 77.0. The van der Waals surface area contributed by atoms with Crippen molar-refractivity contribution in [3.8, 4) is 11.5 Å². The van der Waals surface area contributed by atoms with Crippen LogP contribution in [-0.4, -0.2) is 199 Å². The molecule has 0 radical (unpaired) electrons. The minimum Gasteiger partial charge on any atom is -0.508 e. The van der Waals surface area contributed by atoms with Gasteiger partial charge in [-0.15, -0.1) is 0 Å². The molecule has 0 spiro atoms. The van der Waals surface area contributed by atoms with Crippen LogP contribution in [0.2, 0.25) is 0 Å². The Bertz CT molecular complexity index is 3190. The molecule has 0 aromatic heterocycles. The van der Waals surface area contributed by atoms with Crippen molar-refractivity contribution in [1.29, 1.82) is 0 Å². The summed E-state index contributed by atoms with van der Waals surface area (Å²) < 4.78 is 5.82. The number of carbonyl (C=O) groups excluding carboxylic acids is 12. The van der Waals surface area contributed by atoms with Gasteiger partial charge in [0.25, 0.3) is 0 Å². The quantitative estimate of drug-likeness (QED) is 0.0196. The van der Waals surface area contributed by atoms with Gasteiger partial charge in [-0.05, 0) is 113 Å². The van der Waals surface area contributed by atoms with E-state index in [-0.39, 0.29) is 62.3 Å². The Morgan fingerprint density at radius 1 is 0.615 bits per heavy atom. The Hall–Kier alpha value is -9.30. The number of nitrogens with zero attached hydrogens (tertiary/aromatic N) is 1. The molecule has 32 nitrogen and oxygen atoms in total. The predicted molar refractivity (Wildman–Crippen MR) is 379 cm³/mol. The number of hydrogen-bond donors (Lipinski definition) is 16. The SMILES string of the molecule is CCCCCCCCCCCCC[C@@H](O)CC(=O)N[C@H](CCC(=O)O)C(=O)N[C@@H](CCCN)C(=O)N[C@@H]1Cc2ccc(cc2)OC(=O)[C@@H]([C@@H](C)CC)NC(=O)[C@@H](Cc2ccc(O)cc2)NC(=O)[C@H](CCC(N)=O)NC(=O)[C@@H]2CCCN2C(=O)[C@@H](C)NC(=O)[C@@H](CCC(=O)O)NC(=O)[C@@H]([C@H](C)O)NC1=O. The number of aromatic hydroxyl groups is 1. The molecule has 2 aromatic carbocycles. The van der Waals surface area contributed by atoms with Crippen molar-refractivity contribution < 1.29 is 97.4 Å². The van der Waals surface area contributed by atoms with E-state index in [2.05, 4.69) is 54.8 Å². The number of fused-ring (bicyclic) bond motifs is 23. The van der Waals surface area contributed by atoms with Crippen LogP contribution in [0.15, 0.2) is 48.5 Å². The number of phenols is 1. The van der Waals surface area contributed by atoms with Crippen molar-refractivity contribution in [3.63, 3.8) is 0 Å². The van der Waals surface area contributed by atoms with Gasteiger partial charge in [0.1, 0.15) is 71.9 Å². The molecular formula is C72H110N12O20. The average molecular weight is 1460 g/mol. The second-order valence-corrected chi connectivity index (χ2v) is 27.1. The number of primary amides is 1. The number of carboxylic acids is 2. The van der Waals surface area contributed by atoms with Gasteiger partial charge in [0.05, 0.1) is 18.6 Å². The fourth-order valence-electron chi connectivity index (χ4n) is 12.1. The van der Waals surface area contributed by atoms with Gasteiger partial charge in [-0.1, -0.05) is 122 Å². The minimum atomic E-state index is -1.98. The molecule has 0 unspecified atom stereocenters. The molecule has 2 aromatic rings. The second-order valence-electron chi connectivity index (χ2n) is 27.1. The van der Waals surface area contributed by atoms with E-state index >= 15 is 0 Å². The molecule has 5 rings (SSSR count).